The van der Waals surface area contributed by atoms with Gasteiger partial charge in [0, 0.05) is 18.2 Å². The lowest BCUT2D eigenvalue weighted by Crippen LogP contribution is -2.41. The minimum atomic E-state index is -0.866. The van der Waals surface area contributed by atoms with Crippen LogP contribution in [-0.2, 0) is 6.61 Å². The molecule has 1 heterocycles. The minimum Gasteiger partial charge on any atom is -0.618 e. The topological polar surface area (TPSA) is 68.4 Å². The van der Waals surface area contributed by atoms with Crippen LogP contribution in [-0.4, -0.2) is 17.2 Å². The number of hydrogen-bond donors (Lipinski definition) is 2. The Balaban J connectivity index is 1.97. The van der Waals surface area contributed by atoms with Crippen molar-refractivity contribution in [2.45, 2.75) is 39.0 Å². The minimum absolute atomic E-state index is 0.118. The highest BCUT2D eigenvalue weighted by atomic mass is 16.5. The molecular weight excluding hydrogens is 292 g/mol. The molecule has 1 unspecified atom stereocenters. The number of pyridine rings is 1. The van der Waals surface area contributed by atoms with Crippen molar-refractivity contribution in [1.29, 1.82) is 0 Å². The number of β-amino-alcohol motifs (C(OH)–C–C–N with tert-alkyl or cyclic N) is 1. The van der Waals surface area contributed by atoms with Gasteiger partial charge in [-0.2, -0.15) is 4.73 Å². The van der Waals surface area contributed by atoms with Crippen molar-refractivity contribution in [3.05, 3.63) is 65.1 Å². The summed E-state index contributed by atoms with van der Waals surface area (Å²) in [5.41, 5.74) is 1.21. The van der Waals surface area contributed by atoms with Gasteiger partial charge in [0.15, 0.2) is 11.9 Å². The third kappa shape index (κ3) is 5.54. The van der Waals surface area contributed by atoms with Gasteiger partial charge < -0.3 is 20.4 Å². The number of aliphatic hydroxyl groups excluding tert-OH is 1. The van der Waals surface area contributed by atoms with E-state index in [0.29, 0.717) is 29.3 Å². The molecule has 5 nitrogen and oxygen atoms in total. The largest absolute Gasteiger partial charge is 0.618 e. The van der Waals surface area contributed by atoms with Crippen molar-refractivity contribution in [2.24, 2.45) is 0 Å². The fraction of sp³-hybridized carbons (Fsp3) is 0.389. The normalized spacial score (nSPS) is 12.9. The van der Waals surface area contributed by atoms with Crippen LogP contribution < -0.4 is 14.8 Å². The number of nitrogens with zero attached hydrogens (tertiary/aromatic N) is 1. The Labute approximate surface area is 137 Å². The van der Waals surface area contributed by atoms with Gasteiger partial charge in [-0.1, -0.05) is 30.3 Å². The van der Waals surface area contributed by atoms with Gasteiger partial charge in [0.25, 0.3) is 0 Å². The standard InChI is InChI=1S/C18H24N2O3/c1-18(2,3)19-11-17(21)16-10-9-15(12-20(16)22)23-13-14-7-5-4-6-8-14/h4-10,12,17,19,21H,11,13H2,1-3H3. The molecule has 2 rings (SSSR count). The van der Waals surface area contributed by atoms with E-state index in [4.69, 9.17) is 4.74 Å². The van der Waals surface area contributed by atoms with Gasteiger partial charge in [0.2, 0.25) is 11.9 Å². The Morgan fingerprint density at radius 2 is 1.87 bits per heavy atom. The van der Waals surface area contributed by atoms with Crippen molar-refractivity contribution in [3.63, 3.8) is 0 Å². The predicted molar refractivity (Wildman–Crippen MR) is 88.9 cm³/mol. The van der Waals surface area contributed by atoms with Crippen LogP contribution >= 0.6 is 0 Å². The van der Waals surface area contributed by atoms with E-state index < -0.39 is 6.10 Å². The first-order valence-electron chi connectivity index (χ1n) is 7.68. The van der Waals surface area contributed by atoms with Crippen LogP contribution in [0.15, 0.2) is 48.7 Å². The van der Waals surface area contributed by atoms with Crippen molar-refractivity contribution in [1.82, 2.24) is 5.32 Å². The number of aliphatic hydroxyl groups is 1. The van der Waals surface area contributed by atoms with Gasteiger partial charge in [-0.25, -0.2) is 0 Å². The van der Waals surface area contributed by atoms with E-state index in [1.165, 1.54) is 6.20 Å². The summed E-state index contributed by atoms with van der Waals surface area (Å²) in [4.78, 5) is 0. The van der Waals surface area contributed by atoms with E-state index in [0.717, 1.165) is 5.56 Å². The predicted octanol–water partition coefficient (Wildman–Crippen LogP) is 2.32. The monoisotopic (exact) mass is 316 g/mol. The van der Waals surface area contributed by atoms with Gasteiger partial charge in [-0.05, 0) is 32.4 Å². The summed E-state index contributed by atoms with van der Waals surface area (Å²) >= 11 is 0. The molecule has 0 fully saturated rings. The lowest BCUT2D eigenvalue weighted by molar-refractivity contribution is -0.618. The molecule has 1 atom stereocenters. The highest BCUT2D eigenvalue weighted by Gasteiger charge is 2.20. The summed E-state index contributed by atoms with van der Waals surface area (Å²) in [6, 6.07) is 13.0. The van der Waals surface area contributed by atoms with Crippen LogP contribution in [0, 0.1) is 5.21 Å². The van der Waals surface area contributed by atoms with Crippen LogP contribution in [0.25, 0.3) is 0 Å². The Morgan fingerprint density at radius 1 is 1.17 bits per heavy atom. The molecule has 0 aliphatic rings. The van der Waals surface area contributed by atoms with E-state index in [9.17, 15) is 10.3 Å². The molecule has 0 aliphatic carbocycles. The summed E-state index contributed by atoms with van der Waals surface area (Å²) in [5.74, 6) is 0.476. The average molecular weight is 316 g/mol. The molecule has 23 heavy (non-hydrogen) atoms. The second-order valence-corrected chi connectivity index (χ2v) is 6.54. The lowest BCUT2D eigenvalue weighted by Gasteiger charge is -2.22. The molecule has 1 aromatic carbocycles. The number of aromatic nitrogens is 1. The highest BCUT2D eigenvalue weighted by Crippen LogP contribution is 2.15. The molecule has 0 amide bonds. The number of benzene rings is 1. The molecular formula is C18H24N2O3. The Kier molecular flexibility index (Phi) is 5.58. The quantitative estimate of drug-likeness (QED) is 0.634. The first kappa shape index (κ1) is 17.2. The third-order valence-electron chi connectivity index (χ3n) is 3.33. The summed E-state index contributed by atoms with van der Waals surface area (Å²) < 4.78 is 6.27. The maximum Gasteiger partial charge on any atom is 0.222 e. The Hall–Kier alpha value is -2.11. The van der Waals surface area contributed by atoms with E-state index in [2.05, 4.69) is 5.32 Å². The molecule has 0 aliphatic heterocycles. The van der Waals surface area contributed by atoms with E-state index in [-0.39, 0.29) is 5.54 Å². The van der Waals surface area contributed by atoms with Crippen molar-refractivity contribution >= 4 is 0 Å². The number of nitrogens with one attached hydrogen (secondary N) is 1. The zero-order chi connectivity index (χ0) is 16.9. The SMILES string of the molecule is CC(C)(C)NCC(O)c1ccc(OCc2ccccc2)c[n+]1[O-]. The van der Waals surface area contributed by atoms with Crippen LogP contribution in [0.5, 0.6) is 5.75 Å². The second kappa shape index (κ2) is 7.44. The summed E-state index contributed by atoms with van der Waals surface area (Å²) in [6.07, 6.45) is 0.480. The second-order valence-electron chi connectivity index (χ2n) is 6.54. The number of ether oxygens (including phenoxy) is 1. The molecule has 0 spiro atoms. The number of rotatable bonds is 6. The maximum atomic E-state index is 12.1. The highest BCUT2D eigenvalue weighted by molar-refractivity contribution is 5.19. The molecule has 0 radical (unpaired) electrons. The fourth-order valence-electron chi connectivity index (χ4n) is 2.07. The summed E-state index contributed by atoms with van der Waals surface area (Å²) in [5, 5.41) is 25.4. The van der Waals surface area contributed by atoms with Crippen LogP contribution in [0.1, 0.15) is 38.1 Å². The van der Waals surface area contributed by atoms with Gasteiger partial charge in [0.05, 0.1) is 0 Å². The van der Waals surface area contributed by atoms with Gasteiger partial charge in [0.1, 0.15) is 6.61 Å². The van der Waals surface area contributed by atoms with E-state index in [1.54, 1.807) is 12.1 Å². The van der Waals surface area contributed by atoms with Crippen molar-refractivity contribution < 1.29 is 14.6 Å². The molecule has 0 bridgehead atoms. The zero-order valence-corrected chi connectivity index (χ0v) is 13.8. The average Bonchev–Trinajstić information content (AvgIpc) is 2.51. The molecule has 2 aromatic rings. The third-order valence-corrected chi connectivity index (χ3v) is 3.33. The van der Waals surface area contributed by atoms with Crippen LogP contribution in [0.4, 0.5) is 0 Å². The van der Waals surface area contributed by atoms with Crippen molar-refractivity contribution in [2.75, 3.05) is 6.54 Å². The molecule has 1 aromatic heterocycles. The zero-order valence-electron chi connectivity index (χ0n) is 13.8. The summed E-state index contributed by atoms with van der Waals surface area (Å²) in [7, 11) is 0. The fourth-order valence-corrected chi connectivity index (χ4v) is 2.07. The summed E-state index contributed by atoms with van der Waals surface area (Å²) in [6.45, 7) is 6.73. The lowest BCUT2D eigenvalue weighted by atomic mass is 10.1. The van der Waals surface area contributed by atoms with Gasteiger partial charge in [-0.3, -0.25) is 0 Å². The van der Waals surface area contributed by atoms with E-state index >= 15 is 0 Å². The van der Waals surface area contributed by atoms with Crippen LogP contribution in [0.3, 0.4) is 0 Å². The maximum absolute atomic E-state index is 12.1. The molecule has 2 N–H and O–H groups in total. The van der Waals surface area contributed by atoms with Crippen molar-refractivity contribution in [3.8, 4) is 5.75 Å². The molecule has 124 valence electrons. The van der Waals surface area contributed by atoms with Crippen LogP contribution in [0.2, 0.25) is 0 Å². The van der Waals surface area contributed by atoms with Gasteiger partial charge in [-0.15, -0.1) is 0 Å². The Morgan fingerprint density at radius 3 is 2.48 bits per heavy atom. The smallest absolute Gasteiger partial charge is 0.222 e. The number of hydrogen-bond acceptors (Lipinski definition) is 4. The molecule has 5 heteroatoms. The molecule has 0 saturated heterocycles. The first-order chi connectivity index (χ1) is 10.8. The Bertz CT molecular complexity index is 624. The van der Waals surface area contributed by atoms with Gasteiger partial charge >= 0.3 is 0 Å². The molecule has 0 saturated carbocycles. The van der Waals surface area contributed by atoms with E-state index in [1.807, 2.05) is 51.1 Å². The first-order valence-corrected chi connectivity index (χ1v) is 7.68.